The predicted octanol–water partition coefficient (Wildman–Crippen LogP) is 5.69. The third-order valence-corrected chi connectivity index (χ3v) is 5.21. The zero-order valence-corrected chi connectivity index (χ0v) is 20.2. The monoisotopic (exact) mass is 474 g/mol. The van der Waals surface area contributed by atoms with Crippen molar-refractivity contribution >= 4 is 29.2 Å². The Hall–Kier alpha value is -4.13. The molecular weight excluding hydrogens is 444 g/mol. The van der Waals surface area contributed by atoms with E-state index in [0.29, 0.717) is 23.5 Å². The van der Waals surface area contributed by atoms with Crippen molar-refractivity contribution in [2.75, 3.05) is 17.2 Å². The van der Waals surface area contributed by atoms with Gasteiger partial charge in [0.2, 0.25) is 5.91 Å². The maximum absolute atomic E-state index is 12.2. The number of anilines is 2. The lowest BCUT2D eigenvalue weighted by molar-refractivity contribution is -0.147. The molecule has 0 aliphatic rings. The van der Waals surface area contributed by atoms with E-state index in [-0.39, 0.29) is 25.4 Å². The number of rotatable bonds is 10. The number of amides is 2. The van der Waals surface area contributed by atoms with Crippen LogP contribution >= 0.6 is 0 Å². The van der Waals surface area contributed by atoms with Gasteiger partial charge in [0.1, 0.15) is 11.5 Å². The molecule has 0 bridgehead atoms. The van der Waals surface area contributed by atoms with Crippen molar-refractivity contribution in [2.24, 2.45) is 0 Å². The fraction of sp³-hybridized carbons (Fsp3) is 0.250. The van der Waals surface area contributed by atoms with Gasteiger partial charge >= 0.3 is 5.97 Å². The fourth-order valence-electron chi connectivity index (χ4n) is 3.24. The van der Waals surface area contributed by atoms with Gasteiger partial charge in [0.15, 0.2) is 6.61 Å². The van der Waals surface area contributed by atoms with Gasteiger partial charge in [-0.2, -0.15) is 0 Å². The lowest BCUT2D eigenvalue weighted by Gasteiger charge is -2.10. The minimum atomic E-state index is -0.522. The Morgan fingerprint density at radius 2 is 1.34 bits per heavy atom. The van der Waals surface area contributed by atoms with Gasteiger partial charge in [0, 0.05) is 24.2 Å². The standard InChI is InChI=1S/C28H30N2O5/c1-19-8-13-23(14-9-19)35-24-15-11-22(12-16-24)29-26(31)5-4-6-28(33)34-18-27(32)30-25-17-20(2)7-10-21(25)3/h7-17H,4-6,18H2,1-3H3,(H,29,31)(H,30,32). The third kappa shape index (κ3) is 8.62. The number of nitrogens with one attached hydrogen (secondary N) is 2. The van der Waals surface area contributed by atoms with Crippen LogP contribution < -0.4 is 15.4 Å². The molecule has 0 unspecified atom stereocenters. The summed E-state index contributed by atoms with van der Waals surface area (Å²) in [5.41, 5.74) is 4.43. The molecule has 0 aromatic heterocycles. The van der Waals surface area contributed by atoms with Crippen molar-refractivity contribution in [2.45, 2.75) is 40.0 Å². The number of ether oxygens (including phenoxy) is 2. The second-order valence-electron chi connectivity index (χ2n) is 8.37. The van der Waals surface area contributed by atoms with Crippen LogP contribution in [-0.4, -0.2) is 24.4 Å². The van der Waals surface area contributed by atoms with Crippen molar-refractivity contribution in [1.29, 1.82) is 0 Å². The number of hydrogen-bond acceptors (Lipinski definition) is 5. The molecule has 0 heterocycles. The smallest absolute Gasteiger partial charge is 0.306 e. The van der Waals surface area contributed by atoms with E-state index in [4.69, 9.17) is 9.47 Å². The third-order valence-electron chi connectivity index (χ3n) is 5.21. The lowest BCUT2D eigenvalue weighted by atomic mass is 10.1. The van der Waals surface area contributed by atoms with Crippen LogP contribution in [0.2, 0.25) is 0 Å². The molecule has 0 aliphatic carbocycles. The van der Waals surface area contributed by atoms with Gasteiger partial charge in [0.05, 0.1) is 0 Å². The Balaban J connectivity index is 1.33. The summed E-state index contributed by atoms with van der Waals surface area (Å²) in [6, 6.07) is 20.5. The average Bonchev–Trinajstić information content (AvgIpc) is 2.83. The van der Waals surface area contributed by atoms with Gasteiger partial charge in [-0.05, 0) is 80.8 Å². The lowest BCUT2D eigenvalue weighted by Crippen LogP contribution is -2.21. The van der Waals surface area contributed by atoms with Crippen LogP contribution in [0.4, 0.5) is 11.4 Å². The van der Waals surface area contributed by atoms with E-state index in [1.807, 2.05) is 63.2 Å². The average molecular weight is 475 g/mol. The summed E-state index contributed by atoms with van der Waals surface area (Å²) in [6.07, 6.45) is 0.525. The van der Waals surface area contributed by atoms with Crippen molar-refractivity contribution in [1.82, 2.24) is 0 Å². The molecule has 2 N–H and O–H groups in total. The van der Waals surface area contributed by atoms with Crippen LogP contribution in [0, 0.1) is 20.8 Å². The van der Waals surface area contributed by atoms with Crippen LogP contribution in [0.25, 0.3) is 0 Å². The first-order valence-electron chi connectivity index (χ1n) is 11.5. The molecule has 7 heteroatoms. The summed E-state index contributed by atoms with van der Waals surface area (Å²) in [5.74, 6) is 0.266. The summed E-state index contributed by atoms with van der Waals surface area (Å²) in [5, 5.41) is 5.53. The van der Waals surface area contributed by atoms with E-state index in [1.54, 1.807) is 24.3 Å². The Labute approximate surface area is 205 Å². The van der Waals surface area contributed by atoms with Crippen molar-refractivity contribution < 1.29 is 23.9 Å². The molecule has 0 saturated carbocycles. The van der Waals surface area contributed by atoms with Gasteiger partial charge < -0.3 is 20.1 Å². The number of hydrogen-bond donors (Lipinski definition) is 2. The van der Waals surface area contributed by atoms with Crippen LogP contribution in [-0.2, 0) is 19.1 Å². The summed E-state index contributed by atoms with van der Waals surface area (Å²) in [4.78, 5) is 36.1. The molecule has 3 rings (SSSR count). The molecule has 3 aromatic rings. The van der Waals surface area contributed by atoms with Gasteiger partial charge in [-0.15, -0.1) is 0 Å². The molecule has 0 spiro atoms. The molecule has 0 radical (unpaired) electrons. The zero-order valence-electron chi connectivity index (χ0n) is 20.2. The Morgan fingerprint density at radius 1 is 0.714 bits per heavy atom. The Bertz CT molecular complexity index is 1170. The maximum atomic E-state index is 12.2. The van der Waals surface area contributed by atoms with Crippen LogP contribution in [0.3, 0.4) is 0 Å². The van der Waals surface area contributed by atoms with Gasteiger partial charge in [-0.3, -0.25) is 14.4 Å². The highest BCUT2D eigenvalue weighted by Crippen LogP contribution is 2.23. The van der Waals surface area contributed by atoms with Crippen molar-refractivity contribution in [3.63, 3.8) is 0 Å². The van der Waals surface area contributed by atoms with Crippen LogP contribution in [0.1, 0.15) is 36.0 Å². The first kappa shape index (κ1) is 25.5. The predicted molar refractivity (Wildman–Crippen MR) is 136 cm³/mol. The van der Waals surface area contributed by atoms with Crippen molar-refractivity contribution in [3.8, 4) is 11.5 Å². The molecule has 0 aliphatic heterocycles. The summed E-state index contributed by atoms with van der Waals surface area (Å²) in [7, 11) is 0. The van der Waals surface area contributed by atoms with E-state index in [0.717, 1.165) is 22.4 Å². The quantitative estimate of drug-likeness (QED) is 0.368. The fourth-order valence-corrected chi connectivity index (χ4v) is 3.24. The number of carbonyl (C=O) groups excluding carboxylic acids is 3. The summed E-state index contributed by atoms with van der Waals surface area (Å²) >= 11 is 0. The first-order chi connectivity index (χ1) is 16.8. The zero-order chi connectivity index (χ0) is 25.2. The van der Waals surface area contributed by atoms with Crippen LogP contribution in [0.5, 0.6) is 11.5 Å². The molecule has 0 atom stereocenters. The number of esters is 1. The highest BCUT2D eigenvalue weighted by atomic mass is 16.5. The minimum Gasteiger partial charge on any atom is -0.457 e. The highest BCUT2D eigenvalue weighted by Gasteiger charge is 2.11. The van der Waals surface area contributed by atoms with Crippen LogP contribution in [0.15, 0.2) is 66.7 Å². The van der Waals surface area contributed by atoms with E-state index >= 15 is 0 Å². The number of aryl methyl sites for hydroxylation is 3. The molecular formula is C28H30N2O5. The SMILES string of the molecule is Cc1ccc(Oc2ccc(NC(=O)CCCC(=O)OCC(=O)Nc3cc(C)ccc3C)cc2)cc1. The van der Waals surface area contributed by atoms with E-state index in [1.165, 1.54) is 0 Å². The molecule has 3 aromatic carbocycles. The molecule has 0 saturated heterocycles. The van der Waals surface area contributed by atoms with E-state index in [9.17, 15) is 14.4 Å². The summed E-state index contributed by atoms with van der Waals surface area (Å²) in [6.45, 7) is 5.47. The first-order valence-corrected chi connectivity index (χ1v) is 11.5. The number of benzene rings is 3. The Kier molecular flexibility index (Phi) is 9.01. The van der Waals surface area contributed by atoms with E-state index < -0.39 is 11.9 Å². The van der Waals surface area contributed by atoms with Gasteiger partial charge in [0.25, 0.3) is 5.91 Å². The minimum absolute atomic E-state index is 0.0491. The normalized spacial score (nSPS) is 10.4. The maximum Gasteiger partial charge on any atom is 0.306 e. The van der Waals surface area contributed by atoms with E-state index in [2.05, 4.69) is 10.6 Å². The molecule has 182 valence electrons. The van der Waals surface area contributed by atoms with Gasteiger partial charge in [-0.1, -0.05) is 29.8 Å². The summed E-state index contributed by atoms with van der Waals surface area (Å²) < 4.78 is 10.8. The molecule has 7 nitrogen and oxygen atoms in total. The molecule has 35 heavy (non-hydrogen) atoms. The number of carbonyl (C=O) groups is 3. The molecule has 2 amide bonds. The second kappa shape index (κ2) is 12.4. The topological polar surface area (TPSA) is 93.7 Å². The second-order valence-corrected chi connectivity index (χ2v) is 8.37. The van der Waals surface area contributed by atoms with Crippen molar-refractivity contribution in [3.05, 3.63) is 83.4 Å². The molecule has 0 fully saturated rings. The highest BCUT2D eigenvalue weighted by molar-refractivity contribution is 5.93. The van der Waals surface area contributed by atoms with Gasteiger partial charge in [-0.25, -0.2) is 0 Å². The largest absolute Gasteiger partial charge is 0.457 e. The Morgan fingerprint density at radius 3 is 2.03 bits per heavy atom.